The van der Waals surface area contributed by atoms with E-state index < -0.39 is 0 Å². The van der Waals surface area contributed by atoms with Crippen LogP contribution in [0.3, 0.4) is 0 Å². The minimum atomic E-state index is 0.246. The second kappa shape index (κ2) is 7.29. The highest BCUT2D eigenvalue weighted by Crippen LogP contribution is 2.24. The lowest BCUT2D eigenvalue weighted by atomic mass is 10.0. The lowest BCUT2D eigenvalue weighted by Crippen LogP contribution is -2.24. The average Bonchev–Trinajstić information content (AvgIpc) is 2.34. The van der Waals surface area contributed by atoms with Crippen molar-refractivity contribution in [2.24, 2.45) is 0 Å². The Balaban J connectivity index is 2.64. The monoisotopic (exact) mass is 263 g/mol. The van der Waals surface area contributed by atoms with Crippen LogP contribution >= 0.6 is 0 Å². The molecule has 0 bridgehead atoms. The van der Waals surface area contributed by atoms with Crippen LogP contribution in [0.5, 0.6) is 5.75 Å². The number of methoxy groups -OCH3 is 1. The highest BCUT2D eigenvalue weighted by atomic mass is 16.5. The predicted molar refractivity (Wildman–Crippen MR) is 79.0 cm³/mol. The molecule has 0 saturated heterocycles. The number of hydrogen-bond acceptors (Lipinski definition) is 3. The van der Waals surface area contributed by atoms with Crippen LogP contribution in [0, 0.1) is 13.8 Å². The Labute approximate surface area is 116 Å². The maximum absolute atomic E-state index is 11.0. The minimum Gasteiger partial charge on any atom is -0.496 e. The van der Waals surface area contributed by atoms with Crippen LogP contribution in [0.4, 0.5) is 0 Å². The number of ketones is 1. The molecule has 0 N–H and O–H groups in total. The van der Waals surface area contributed by atoms with Gasteiger partial charge in [-0.1, -0.05) is 6.07 Å². The Morgan fingerprint density at radius 3 is 2.53 bits per heavy atom. The van der Waals surface area contributed by atoms with E-state index in [0.29, 0.717) is 6.42 Å². The number of nitrogens with zero attached hydrogens (tertiary/aromatic N) is 1. The summed E-state index contributed by atoms with van der Waals surface area (Å²) in [7, 11) is 3.77. The van der Waals surface area contributed by atoms with E-state index in [2.05, 4.69) is 37.9 Å². The highest BCUT2D eigenvalue weighted by molar-refractivity contribution is 5.75. The second-order valence-electron chi connectivity index (χ2n) is 5.27. The third kappa shape index (κ3) is 5.03. The Morgan fingerprint density at radius 1 is 1.26 bits per heavy atom. The van der Waals surface area contributed by atoms with E-state index in [9.17, 15) is 4.79 Å². The van der Waals surface area contributed by atoms with Gasteiger partial charge in [0.15, 0.2) is 0 Å². The van der Waals surface area contributed by atoms with Gasteiger partial charge in [-0.2, -0.15) is 0 Å². The summed E-state index contributed by atoms with van der Waals surface area (Å²) in [6.07, 6.45) is 1.57. The summed E-state index contributed by atoms with van der Waals surface area (Å²) in [6.45, 7) is 7.61. The number of likely N-dealkylation sites (N-methyl/N-ethyl adjacent to an activating group) is 1. The third-order valence-electron chi connectivity index (χ3n) is 3.39. The van der Waals surface area contributed by atoms with Crippen molar-refractivity contribution in [2.75, 3.05) is 27.2 Å². The van der Waals surface area contributed by atoms with Crippen molar-refractivity contribution < 1.29 is 9.53 Å². The lowest BCUT2D eigenvalue weighted by molar-refractivity contribution is -0.117. The smallest absolute Gasteiger partial charge is 0.131 e. The van der Waals surface area contributed by atoms with E-state index in [1.54, 1.807) is 14.0 Å². The number of aryl methyl sites for hydroxylation is 2. The van der Waals surface area contributed by atoms with E-state index in [1.807, 2.05) is 0 Å². The van der Waals surface area contributed by atoms with Crippen molar-refractivity contribution in [1.29, 1.82) is 0 Å². The molecule has 3 heteroatoms. The Bertz CT molecular complexity index is 441. The zero-order valence-corrected chi connectivity index (χ0v) is 12.7. The molecule has 1 rings (SSSR count). The molecule has 0 radical (unpaired) electrons. The summed E-state index contributed by atoms with van der Waals surface area (Å²) in [5.74, 6) is 1.22. The average molecular weight is 263 g/mol. The standard InChI is InChI=1S/C16H25NO2/c1-12-10-13(2)15(16(11-12)19-5)7-9-17(4)8-6-14(3)18/h10-11H,6-9H2,1-5H3. The molecular weight excluding hydrogens is 238 g/mol. The molecule has 0 saturated carbocycles. The first-order chi connectivity index (χ1) is 8.93. The topological polar surface area (TPSA) is 29.5 Å². The van der Waals surface area contributed by atoms with Crippen LogP contribution in [0.25, 0.3) is 0 Å². The Hall–Kier alpha value is -1.35. The van der Waals surface area contributed by atoms with E-state index in [1.165, 1.54) is 16.7 Å². The van der Waals surface area contributed by atoms with Gasteiger partial charge in [-0.25, -0.2) is 0 Å². The molecule has 1 aromatic carbocycles. The summed E-state index contributed by atoms with van der Waals surface area (Å²) >= 11 is 0. The van der Waals surface area contributed by atoms with Gasteiger partial charge < -0.3 is 9.64 Å². The largest absolute Gasteiger partial charge is 0.496 e. The zero-order chi connectivity index (χ0) is 14.4. The first-order valence-corrected chi connectivity index (χ1v) is 6.76. The normalized spacial score (nSPS) is 10.8. The molecule has 0 amide bonds. The number of carbonyl (C=O) groups is 1. The molecule has 0 aliphatic carbocycles. The highest BCUT2D eigenvalue weighted by Gasteiger charge is 2.09. The molecule has 0 aromatic heterocycles. The first-order valence-electron chi connectivity index (χ1n) is 6.76. The van der Waals surface area contributed by atoms with Gasteiger partial charge >= 0.3 is 0 Å². The maximum Gasteiger partial charge on any atom is 0.131 e. The van der Waals surface area contributed by atoms with Crippen molar-refractivity contribution in [3.05, 3.63) is 28.8 Å². The van der Waals surface area contributed by atoms with E-state index in [4.69, 9.17) is 4.74 Å². The lowest BCUT2D eigenvalue weighted by Gasteiger charge is -2.18. The van der Waals surface area contributed by atoms with Gasteiger partial charge in [0.05, 0.1) is 7.11 Å². The van der Waals surface area contributed by atoms with E-state index in [-0.39, 0.29) is 5.78 Å². The summed E-state index contributed by atoms with van der Waals surface area (Å²) < 4.78 is 5.46. The van der Waals surface area contributed by atoms with Crippen molar-refractivity contribution in [3.8, 4) is 5.75 Å². The number of carbonyl (C=O) groups excluding carboxylic acids is 1. The zero-order valence-electron chi connectivity index (χ0n) is 12.7. The minimum absolute atomic E-state index is 0.246. The fourth-order valence-electron chi connectivity index (χ4n) is 2.22. The molecule has 0 heterocycles. The van der Waals surface area contributed by atoms with E-state index in [0.717, 1.165) is 25.3 Å². The summed E-state index contributed by atoms with van der Waals surface area (Å²) in [5, 5.41) is 0. The van der Waals surface area contributed by atoms with Gasteiger partial charge in [-0.3, -0.25) is 4.79 Å². The van der Waals surface area contributed by atoms with Gasteiger partial charge in [0.2, 0.25) is 0 Å². The number of ether oxygens (including phenoxy) is 1. The summed E-state index contributed by atoms with van der Waals surface area (Å²) in [6, 6.07) is 4.27. The predicted octanol–water partition coefficient (Wildman–Crippen LogP) is 2.77. The van der Waals surface area contributed by atoms with Gasteiger partial charge in [-0.05, 0) is 57.0 Å². The molecule has 1 aromatic rings. The van der Waals surface area contributed by atoms with Crippen LogP contribution in [0.2, 0.25) is 0 Å². The SMILES string of the molecule is COc1cc(C)cc(C)c1CCN(C)CCC(C)=O. The summed E-state index contributed by atoms with van der Waals surface area (Å²) in [4.78, 5) is 13.2. The fraction of sp³-hybridized carbons (Fsp3) is 0.562. The molecule has 0 aliphatic rings. The number of benzene rings is 1. The van der Waals surface area contributed by atoms with Crippen LogP contribution in [-0.2, 0) is 11.2 Å². The van der Waals surface area contributed by atoms with Crippen LogP contribution < -0.4 is 4.74 Å². The molecule has 0 unspecified atom stereocenters. The van der Waals surface area contributed by atoms with Gasteiger partial charge in [0, 0.05) is 19.5 Å². The number of hydrogen-bond donors (Lipinski definition) is 0. The van der Waals surface area contributed by atoms with Crippen LogP contribution in [0.1, 0.15) is 30.0 Å². The van der Waals surface area contributed by atoms with Crippen molar-refractivity contribution in [2.45, 2.75) is 33.6 Å². The number of rotatable bonds is 7. The molecule has 19 heavy (non-hydrogen) atoms. The molecule has 0 spiro atoms. The third-order valence-corrected chi connectivity index (χ3v) is 3.39. The fourth-order valence-corrected chi connectivity index (χ4v) is 2.22. The molecule has 0 aliphatic heterocycles. The van der Waals surface area contributed by atoms with Gasteiger partial charge in [0.1, 0.15) is 11.5 Å². The molecule has 0 atom stereocenters. The Morgan fingerprint density at radius 2 is 1.95 bits per heavy atom. The molecule has 3 nitrogen and oxygen atoms in total. The van der Waals surface area contributed by atoms with Crippen LogP contribution in [0.15, 0.2) is 12.1 Å². The Kier molecular flexibility index (Phi) is 6.03. The van der Waals surface area contributed by atoms with Crippen molar-refractivity contribution in [3.63, 3.8) is 0 Å². The van der Waals surface area contributed by atoms with Crippen molar-refractivity contribution >= 4 is 5.78 Å². The summed E-state index contributed by atoms with van der Waals surface area (Å²) in [5.41, 5.74) is 3.77. The first kappa shape index (κ1) is 15.7. The van der Waals surface area contributed by atoms with E-state index >= 15 is 0 Å². The van der Waals surface area contributed by atoms with Gasteiger partial charge in [-0.15, -0.1) is 0 Å². The molecule has 0 fully saturated rings. The van der Waals surface area contributed by atoms with Crippen molar-refractivity contribution in [1.82, 2.24) is 4.90 Å². The maximum atomic E-state index is 11.0. The second-order valence-corrected chi connectivity index (χ2v) is 5.27. The molecular formula is C16H25NO2. The van der Waals surface area contributed by atoms with Gasteiger partial charge in [0.25, 0.3) is 0 Å². The number of Topliss-reactive ketones (excluding diaryl/α,β-unsaturated/α-hetero) is 1. The molecule has 106 valence electrons. The van der Waals surface area contributed by atoms with Crippen LogP contribution in [-0.4, -0.2) is 37.9 Å². The quantitative estimate of drug-likeness (QED) is 0.757.